The minimum absolute atomic E-state index is 0. The molecule has 0 aliphatic carbocycles. The second-order valence-electron chi connectivity index (χ2n) is 8.25. The molecule has 164 valence electrons. The molecule has 2 aliphatic heterocycles. The quantitative estimate of drug-likeness (QED) is 0.342. The van der Waals surface area contributed by atoms with Gasteiger partial charge in [0.15, 0.2) is 5.96 Å². The van der Waals surface area contributed by atoms with Crippen molar-refractivity contribution in [3.05, 3.63) is 35.4 Å². The number of fused-ring (bicyclic) bond motifs is 1. The molecule has 3 rings (SSSR count). The Morgan fingerprint density at radius 2 is 2.00 bits per heavy atom. The standard InChI is InChI=1S/C23H38N4O.HI/c1-4-22(27-14-10-20-7-5-6-8-21(20)18-27)17-25-23(24-2)26(3)13-9-19-11-15-28-16-12-19;/h5-8,19,22H,4,9-18H2,1-3H3,(H,24,25);1H. The molecule has 29 heavy (non-hydrogen) atoms. The Labute approximate surface area is 194 Å². The number of hydrogen-bond donors (Lipinski definition) is 1. The van der Waals surface area contributed by atoms with Crippen molar-refractivity contribution in [1.82, 2.24) is 15.1 Å². The van der Waals surface area contributed by atoms with Crippen LogP contribution in [0.25, 0.3) is 0 Å². The molecule has 0 bridgehead atoms. The molecular weight excluding hydrogens is 475 g/mol. The Hall–Kier alpha value is -0.860. The largest absolute Gasteiger partial charge is 0.381 e. The van der Waals surface area contributed by atoms with Gasteiger partial charge in [-0.15, -0.1) is 24.0 Å². The van der Waals surface area contributed by atoms with Crippen molar-refractivity contribution >= 4 is 29.9 Å². The fraction of sp³-hybridized carbons (Fsp3) is 0.696. The third kappa shape index (κ3) is 7.10. The van der Waals surface area contributed by atoms with E-state index in [0.717, 1.165) is 64.1 Å². The van der Waals surface area contributed by atoms with Gasteiger partial charge < -0.3 is 15.0 Å². The van der Waals surface area contributed by atoms with Crippen molar-refractivity contribution in [3.63, 3.8) is 0 Å². The van der Waals surface area contributed by atoms with Crippen LogP contribution in [0.5, 0.6) is 0 Å². The van der Waals surface area contributed by atoms with Crippen molar-refractivity contribution in [2.75, 3.05) is 46.9 Å². The molecule has 1 saturated heterocycles. The first-order chi connectivity index (χ1) is 13.7. The minimum atomic E-state index is 0. The van der Waals surface area contributed by atoms with Gasteiger partial charge in [0.1, 0.15) is 0 Å². The van der Waals surface area contributed by atoms with Gasteiger partial charge in [-0.1, -0.05) is 31.2 Å². The molecule has 1 aromatic carbocycles. The summed E-state index contributed by atoms with van der Waals surface area (Å²) in [6.45, 7) is 8.37. The SMILES string of the molecule is CCC(CNC(=NC)N(C)CCC1CCOCC1)N1CCc2ccccc2C1.I. The zero-order valence-corrected chi connectivity index (χ0v) is 20.7. The zero-order valence-electron chi connectivity index (χ0n) is 18.4. The summed E-state index contributed by atoms with van der Waals surface area (Å²) < 4.78 is 5.48. The number of nitrogens with zero attached hydrogens (tertiary/aromatic N) is 3. The van der Waals surface area contributed by atoms with Crippen molar-refractivity contribution in [2.45, 2.75) is 51.6 Å². The van der Waals surface area contributed by atoms with E-state index in [1.54, 1.807) is 0 Å². The second-order valence-corrected chi connectivity index (χ2v) is 8.25. The summed E-state index contributed by atoms with van der Waals surface area (Å²) in [6, 6.07) is 9.42. The number of hydrogen-bond acceptors (Lipinski definition) is 3. The van der Waals surface area contributed by atoms with Gasteiger partial charge in [0.2, 0.25) is 0 Å². The highest BCUT2D eigenvalue weighted by atomic mass is 127. The smallest absolute Gasteiger partial charge is 0.193 e. The molecule has 0 spiro atoms. The molecule has 1 unspecified atom stereocenters. The van der Waals surface area contributed by atoms with Crippen molar-refractivity contribution in [1.29, 1.82) is 0 Å². The van der Waals surface area contributed by atoms with Gasteiger partial charge in [-0.05, 0) is 49.1 Å². The molecule has 1 atom stereocenters. The average molecular weight is 514 g/mol. The highest BCUT2D eigenvalue weighted by Gasteiger charge is 2.23. The van der Waals surface area contributed by atoms with E-state index < -0.39 is 0 Å². The molecule has 2 aliphatic rings. The first-order valence-electron chi connectivity index (χ1n) is 11.0. The van der Waals surface area contributed by atoms with Crippen molar-refractivity contribution in [3.8, 4) is 0 Å². The van der Waals surface area contributed by atoms with Gasteiger partial charge in [0.25, 0.3) is 0 Å². The van der Waals surface area contributed by atoms with E-state index in [1.807, 2.05) is 7.05 Å². The third-order valence-electron chi connectivity index (χ3n) is 6.43. The van der Waals surface area contributed by atoms with Gasteiger partial charge in [-0.2, -0.15) is 0 Å². The van der Waals surface area contributed by atoms with Crippen LogP contribution in [0.3, 0.4) is 0 Å². The minimum Gasteiger partial charge on any atom is -0.381 e. The average Bonchev–Trinajstić information content (AvgIpc) is 2.75. The Balaban J connectivity index is 0.00000300. The Morgan fingerprint density at radius 1 is 1.28 bits per heavy atom. The van der Waals surface area contributed by atoms with Gasteiger partial charge in [-0.25, -0.2) is 0 Å². The molecule has 1 N–H and O–H groups in total. The van der Waals surface area contributed by atoms with E-state index in [9.17, 15) is 0 Å². The van der Waals surface area contributed by atoms with Crippen LogP contribution < -0.4 is 5.32 Å². The predicted molar refractivity (Wildman–Crippen MR) is 132 cm³/mol. The molecule has 1 fully saturated rings. The topological polar surface area (TPSA) is 40.1 Å². The monoisotopic (exact) mass is 514 g/mol. The molecule has 0 radical (unpaired) electrons. The van der Waals surface area contributed by atoms with Crippen LogP contribution in [-0.4, -0.2) is 68.7 Å². The van der Waals surface area contributed by atoms with Gasteiger partial charge in [0.05, 0.1) is 0 Å². The first-order valence-corrected chi connectivity index (χ1v) is 11.0. The summed E-state index contributed by atoms with van der Waals surface area (Å²) in [5, 5.41) is 3.64. The molecule has 5 nitrogen and oxygen atoms in total. The van der Waals surface area contributed by atoms with Gasteiger partial charge in [0, 0.05) is 59.5 Å². The normalized spacial score (nSPS) is 19.2. The highest BCUT2D eigenvalue weighted by Crippen LogP contribution is 2.21. The Kier molecular flexibility index (Phi) is 10.7. The number of halogens is 1. The van der Waals surface area contributed by atoms with E-state index >= 15 is 0 Å². The number of nitrogens with one attached hydrogen (secondary N) is 1. The van der Waals surface area contributed by atoms with Gasteiger partial charge >= 0.3 is 0 Å². The summed E-state index contributed by atoms with van der Waals surface area (Å²) in [6.07, 6.45) is 5.94. The summed E-state index contributed by atoms with van der Waals surface area (Å²) >= 11 is 0. The van der Waals surface area contributed by atoms with Crippen molar-refractivity contribution in [2.24, 2.45) is 10.9 Å². The Morgan fingerprint density at radius 3 is 2.69 bits per heavy atom. The lowest BCUT2D eigenvalue weighted by Crippen LogP contribution is -2.48. The summed E-state index contributed by atoms with van der Waals surface area (Å²) in [5.41, 5.74) is 3.01. The predicted octanol–water partition coefficient (Wildman–Crippen LogP) is 3.77. The summed E-state index contributed by atoms with van der Waals surface area (Å²) in [5.74, 6) is 1.81. The lowest BCUT2D eigenvalue weighted by Gasteiger charge is -2.36. The van der Waals surface area contributed by atoms with E-state index in [4.69, 9.17) is 4.74 Å². The van der Waals surface area contributed by atoms with Crippen LogP contribution in [0.15, 0.2) is 29.3 Å². The van der Waals surface area contributed by atoms with Crippen LogP contribution in [0.1, 0.15) is 43.7 Å². The van der Waals surface area contributed by atoms with Crippen LogP contribution >= 0.6 is 24.0 Å². The van der Waals surface area contributed by atoms with Gasteiger partial charge in [-0.3, -0.25) is 9.89 Å². The molecule has 2 heterocycles. The lowest BCUT2D eigenvalue weighted by atomic mass is 9.96. The maximum absolute atomic E-state index is 5.48. The summed E-state index contributed by atoms with van der Waals surface area (Å²) in [4.78, 5) is 9.44. The molecule has 0 saturated carbocycles. The maximum atomic E-state index is 5.48. The number of benzene rings is 1. The van der Waals surface area contributed by atoms with E-state index in [0.29, 0.717) is 6.04 Å². The zero-order chi connectivity index (χ0) is 19.8. The van der Waals surface area contributed by atoms with Crippen LogP contribution in [0.4, 0.5) is 0 Å². The number of aliphatic imine (C=N–C) groups is 1. The fourth-order valence-electron chi connectivity index (χ4n) is 4.47. The first kappa shape index (κ1) is 24.4. The van der Waals surface area contributed by atoms with Crippen LogP contribution in [0.2, 0.25) is 0 Å². The highest BCUT2D eigenvalue weighted by molar-refractivity contribution is 14.0. The maximum Gasteiger partial charge on any atom is 0.193 e. The van der Waals surface area contributed by atoms with Crippen LogP contribution in [-0.2, 0) is 17.7 Å². The molecule has 0 aromatic heterocycles. The number of rotatable bonds is 7. The second kappa shape index (κ2) is 12.7. The Bertz CT molecular complexity index is 633. The molecule has 0 amide bonds. The van der Waals surface area contributed by atoms with Crippen molar-refractivity contribution < 1.29 is 4.74 Å². The van der Waals surface area contributed by atoms with E-state index in [-0.39, 0.29) is 24.0 Å². The third-order valence-corrected chi connectivity index (χ3v) is 6.43. The van der Waals surface area contributed by atoms with Crippen LogP contribution in [0, 0.1) is 5.92 Å². The summed E-state index contributed by atoms with van der Waals surface area (Å²) in [7, 11) is 4.05. The fourth-order valence-corrected chi connectivity index (χ4v) is 4.47. The number of guanidine groups is 1. The lowest BCUT2D eigenvalue weighted by molar-refractivity contribution is 0.0625. The molecular formula is C23H39IN4O. The van der Waals surface area contributed by atoms with E-state index in [1.165, 1.54) is 30.4 Å². The number of ether oxygens (including phenoxy) is 1. The van der Waals surface area contributed by atoms with E-state index in [2.05, 4.69) is 58.3 Å². The molecule has 6 heteroatoms. The molecule has 1 aromatic rings.